The summed E-state index contributed by atoms with van der Waals surface area (Å²) < 4.78 is 0. The average Bonchev–Trinajstić information content (AvgIpc) is 2.55. The molecule has 120 valence electrons. The van der Waals surface area contributed by atoms with Crippen LogP contribution in [0.5, 0.6) is 0 Å². The molecule has 2 rings (SSSR count). The van der Waals surface area contributed by atoms with Gasteiger partial charge in [-0.2, -0.15) is 0 Å². The van der Waals surface area contributed by atoms with Crippen LogP contribution in [-0.2, 0) is 0 Å². The number of rotatable bonds is 2. The van der Waals surface area contributed by atoms with Gasteiger partial charge in [0, 0.05) is 50.0 Å². The molecule has 0 amide bonds. The maximum atomic E-state index is 5.70. The van der Waals surface area contributed by atoms with Gasteiger partial charge in [0.2, 0.25) is 0 Å². The molecule has 2 heterocycles. The minimum atomic E-state index is 0. The topological polar surface area (TPSA) is 50.5 Å². The first-order chi connectivity index (χ1) is 9.69. The highest BCUT2D eigenvalue weighted by Crippen LogP contribution is 2.01. The van der Waals surface area contributed by atoms with Crippen LogP contribution in [0.1, 0.15) is 11.1 Å². The van der Waals surface area contributed by atoms with Crippen molar-refractivity contribution in [1.29, 1.82) is 0 Å². The fraction of sp³-hybridized carbons (Fsp3) is 0.143. The summed E-state index contributed by atoms with van der Waals surface area (Å²) in [4.78, 5) is 15.4. The van der Waals surface area contributed by atoms with E-state index in [-0.39, 0.29) is 48.0 Å². The van der Waals surface area contributed by atoms with E-state index < -0.39 is 0 Å². The second-order valence-corrected chi connectivity index (χ2v) is 4.23. The van der Waals surface area contributed by atoms with Crippen LogP contribution >= 0.6 is 71.2 Å². The zero-order valence-corrected chi connectivity index (χ0v) is 18.2. The van der Waals surface area contributed by atoms with Crippen molar-refractivity contribution in [3.05, 3.63) is 60.2 Å². The number of pyridine rings is 2. The molecule has 0 aliphatic carbocycles. The van der Waals surface area contributed by atoms with E-state index in [1.54, 1.807) is 38.9 Å². The SMILES string of the molecule is CN=C(Cl)c1cccnc1.CN=C(Cl)c1cccnc1.I.I. The third-order valence-corrected chi connectivity index (χ3v) is 2.97. The smallest absolute Gasteiger partial charge is 0.132 e. The molecule has 0 aliphatic rings. The van der Waals surface area contributed by atoms with Crippen molar-refractivity contribution in [2.45, 2.75) is 0 Å². The standard InChI is InChI=1S/2C7H7ClN2.2HI/c2*1-9-7(8)6-3-2-4-10-5-6;;/h2*2-5H,1H3;2*1H. The molecule has 0 bridgehead atoms. The summed E-state index contributed by atoms with van der Waals surface area (Å²) in [6, 6.07) is 7.37. The highest BCUT2D eigenvalue weighted by Gasteiger charge is 1.95. The Morgan fingerprint density at radius 3 is 1.41 bits per heavy atom. The van der Waals surface area contributed by atoms with E-state index in [0.29, 0.717) is 10.3 Å². The van der Waals surface area contributed by atoms with E-state index in [9.17, 15) is 0 Å². The molecule has 0 unspecified atom stereocenters. The molecule has 0 radical (unpaired) electrons. The molecule has 4 nitrogen and oxygen atoms in total. The van der Waals surface area contributed by atoms with Gasteiger partial charge in [-0.1, -0.05) is 23.2 Å². The maximum absolute atomic E-state index is 5.70. The summed E-state index contributed by atoms with van der Waals surface area (Å²) in [6.07, 6.45) is 6.75. The van der Waals surface area contributed by atoms with Crippen LogP contribution in [0.15, 0.2) is 59.0 Å². The lowest BCUT2D eigenvalue weighted by Crippen LogP contribution is -1.89. The molecule has 22 heavy (non-hydrogen) atoms. The zero-order chi connectivity index (χ0) is 14.8. The van der Waals surface area contributed by atoms with Crippen LogP contribution in [0.4, 0.5) is 0 Å². The van der Waals surface area contributed by atoms with Crippen LogP contribution < -0.4 is 0 Å². The van der Waals surface area contributed by atoms with Crippen molar-refractivity contribution in [3.8, 4) is 0 Å². The average molecular weight is 565 g/mol. The molecule has 2 aromatic rings. The van der Waals surface area contributed by atoms with E-state index in [4.69, 9.17) is 23.2 Å². The monoisotopic (exact) mass is 564 g/mol. The van der Waals surface area contributed by atoms with Gasteiger partial charge in [-0.05, 0) is 24.3 Å². The Morgan fingerprint density at radius 2 is 1.18 bits per heavy atom. The number of hydrogen-bond acceptors (Lipinski definition) is 4. The molecular formula is C14H16Cl2I2N4. The van der Waals surface area contributed by atoms with Gasteiger partial charge < -0.3 is 0 Å². The van der Waals surface area contributed by atoms with Crippen molar-refractivity contribution < 1.29 is 0 Å². The van der Waals surface area contributed by atoms with Crippen molar-refractivity contribution in [1.82, 2.24) is 9.97 Å². The van der Waals surface area contributed by atoms with Crippen LogP contribution in [0.2, 0.25) is 0 Å². The molecule has 0 N–H and O–H groups in total. The number of nitrogens with zero attached hydrogens (tertiary/aromatic N) is 4. The molecule has 2 aromatic heterocycles. The van der Waals surface area contributed by atoms with Crippen molar-refractivity contribution >= 4 is 81.5 Å². The summed E-state index contributed by atoms with van der Waals surface area (Å²) in [5.41, 5.74) is 1.71. The first-order valence-electron chi connectivity index (χ1n) is 5.74. The van der Waals surface area contributed by atoms with Crippen LogP contribution in [0, 0.1) is 0 Å². The normalized spacial score (nSPS) is 10.5. The molecule has 8 heteroatoms. The lowest BCUT2D eigenvalue weighted by atomic mass is 10.3. The molecule has 0 saturated carbocycles. The highest BCUT2D eigenvalue weighted by molar-refractivity contribution is 14.0. The van der Waals surface area contributed by atoms with Gasteiger partial charge in [0.15, 0.2) is 0 Å². The fourth-order valence-corrected chi connectivity index (χ4v) is 1.45. The first kappa shape index (κ1) is 23.9. The Morgan fingerprint density at radius 1 is 0.818 bits per heavy atom. The number of aromatic nitrogens is 2. The summed E-state index contributed by atoms with van der Waals surface area (Å²) in [6.45, 7) is 0. The Balaban J connectivity index is 0. The molecule has 0 saturated heterocycles. The van der Waals surface area contributed by atoms with Crippen LogP contribution in [-0.4, -0.2) is 34.4 Å². The molecule has 0 fully saturated rings. The van der Waals surface area contributed by atoms with Gasteiger partial charge in [-0.15, -0.1) is 48.0 Å². The summed E-state index contributed by atoms with van der Waals surface area (Å²) in [5.74, 6) is 0. The van der Waals surface area contributed by atoms with Crippen molar-refractivity contribution in [3.63, 3.8) is 0 Å². The van der Waals surface area contributed by atoms with E-state index in [2.05, 4.69) is 20.0 Å². The van der Waals surface area contributed by atoms with E-state index >= 15 is 0 Å². The van der Waals surface area contributed by atoms with Gasteiger partial charge in [0.05, 0.1) is 0 Å². The van der Waals surface area contributed by atoms with E-state index in [1.807, 2.05) is 24.3 Å². The van der Waals surface area contributed by atoms with Gasteiger partial charge in [-0.3, -0.25) is 20.0 Å². The third kappa shape index (κ3) is 8.96. The molecular weight excluding hydrogens is 549 g/mol. The van der Waals surface area contributed by atoms with Crippen LogP contribution in [0.3, 0.4) is 0 Å². The zero-order valence-electron chi connectivity index (χ0n) is 12.0. The minimum absolute atomic E-state index is 0. The van der Waals surface area contributed by atoms with Gasteiger partial charge in [0.1, 0.15) is 10.3 Å². The Bertz CT molecular complexity index is 524. The first-order valence-corrected chi connectivity index (χ1v) is 6.50. The molecule has 0 spiro atoms. The second kappa shape index (κ2) is 14.3. The van der Waals surface area contributed by atoms with Gasteiger partial charge >= 0.3 is 0 Å². The van der Waals surface area contributed by atoms with E-state index in [0.717, 1.165) is 11.1 Å². The summed E-state index contributed by atoms with van der Waals surface area (Å²) >= 11 is 11.4. The van der Waals surface area contributed by atoms with Crippen LogP contribution in [0.25, 0.3) is 0 Å². The predicted molar refractivity (Wildman–Crippen MR) is 116 cm³/mol. The van der Waals surface area contributed by atoms with Gasteiger partial charge in [-0.25, -0.2) is 0 Å². The maximum Gasteiger partial charge on any atom is 0.132 e. The number of hydrogen-bond donors (Lipinski definition) is 0. The molecule has 0 aliphatic heterocycles. The molecule has 0 aromatic carbocycles. The Hall–Kier alpha value is -0.320. The summed E-state index contributed by atoms with van der Waals surface area (Å²) in [5, 5.41) is 0.987. The Labute approximate surface area is 174 Å². The van der Waals surface area contributed by atoms with E-state index in [1.165, 1.54) is 0 Å². The van der Waals surface area contributed by atoms with Crippen molar-refractivity contribution in [2.75, 3.05) is 14.1 Å². The highest BCUT2D eigenvalue weighted by atomic mass is 127. The number of aliphatic imine (C=N–C) groups is 2. The molecule has 0 atom stereocenters. The van der Waals surface area contributed by atoms with Gasteiger partial charge in [0.25, 0.3) is 0 Å². The largest absolute Gasteiger partial charge is 0.276 e. The second-order valence-electron chi connectivity index (χ2n) is 3.51. The van der Waals surface area contributed by atoms with Crippen molar-refractivity contribution in [2.24, 2.45) is 9.98 Å². The summed E-state index contributed by atoms with van der Waals surface area (Å²) in [7, 11) is 3.30. The fourth-order valence-electron chi connectivity index (χ4n) is 1.23. The third-order valence-electron chi connectivity index (χ3n) is 2.19. The quantitative estimate of drug-likeness (QED) is 0.395. The number of halogens is 4. The predicted octanol–water partition coefficient (Wildman–Crippen LogP) is 4.63. The Kier molecular flexibility index (Phi) is 15.5. The lowest BCUT2D eigenvalue weighted by Gasteiger charge is -1.92. The minimum Gasteiger partial charge on any atom is -0.276 e. The lowest BCUT2D eigenvalue weighted by molar-refractivity contribution is 1.31.